The van der Waals surface area contributed by atoms with E-state index in [1.54, 1.807) is 52.0 Å². The molecule has 0 aliphatic rings. The van der Waals surface area contributed by atoms with Gasteiger partial charge in [-0.05, 0) is 52.0 Å². The number of carbonyl (C=O) groups excluding carboxylic acids is 2. The lowest BCUT2D eigenvalue weighted by Crippen LogP contribution is -2.42. The predicted molar refractivity (Wildman–Crippen MR) is 76.9 cm³/mol. The average molecular weight is 328 g/mol. The lowest BCUT2D eigenvalue weighted by atomic mass is 10.2. The van der Waals surface area contributed by atoms with E-state index in [1.165, 1.54) is 0 Å². The SMILES string of the molecule is C[C@H](NC(=O)c1ccc(Br)cc1)C(=O)OC(C)(C)C. The highest BCUT2D eigenvalue weighted by Gasteiger charge is 2.23. The fourth-order valence-corrected chi connectivity index (χ4v) is 1.59. The molecule has 4 nitrogen and oxygen atoms in total. The molecule has 104 valence electrons. The maximum atomic E-state index is 11.9. The number of carbonyl (C=O) groups is 2. The number of halogens is 1. The minimum Gasteiger partial charge on any atom is -0.458 e. The van der Waals surface area contributed by atoms with E-state index >= 15 is 0 Å². The molecule has 0 aliphatic carbocycles. The van der Waals surface area contributed by atoms with Gasteiger partial charge in [0.25, 0.3) is 5.91 Å². The zero-order chi connectivity index (χ0) is 14.6. The van der Waals surface area contributed by atoms with E-state index in [0.717, 1.165) is 4.47 Å². The van der Waals surface area contributed by atoms with Crippen molar-refractivity contribution in [3.63, 3.8) is 0 Å². The Kier molecular flexibility index (Phi) is 5.11. The van der Waals surface area contributed by atoms with E-state index in [0.29, 0.717) is 5.56 Å². The maximum Gasteiger partial charge on any atom is 0.328 e. The Balaban J connectivity index is 2.61. The van der Waals surface area contributed by atoms with Crippen molar-refractivity contribution in [2.45, 2.75) is 39.3 Å². The molecule has 19 heavy (non-hydrogen) atoms. The Morgan fingerprint density at radius 1 is 1.21 bits per heavy atom. The summed E-state index contributed by atoms with van der Waals surface area (Å²) in [5.41, 5.74) is -0.0631. The van der Waals surface area contributed by atoms with Gasteiger partial charge in [0.2, 0.25) is 0 Å². The molecule has 0 radical (unpaired) electrons. The van der Waals surface area contributed by atoms with E-state index in [1.807, 2.05) is 0 Å². The van der Waals surface area contributed by atoms with Crippen molar-refractivity contribution < 1.29 is 14.3 Å². The van der Waals surface area contributed by atoms with Crippen molar-refractivity contribution >= 4 is 27.8 Å². The second-order valence-corrected chi connectivity index (χ2v) is 6.15. The summed E-state index contributed by atoms with van der Waals surface area (Å²) in [5.74, 6) is -0.746. The minimum absolute atomic E-state index is 0.300. The van der Waals surface area contributed by atoms with E-state index in [2.05, 4.69) is 21.2 Å². The first kappa shape index (κ1) is 15.7. The summed E-state index contributed by atoms with van der Waals surface area (Å²) in [5, 5.41) is 2.61. The van der Waals surface area contributed by atoms with Gasteiger partial charge in [-0.25, -0.2) is 4.79 Å². The molecule has 5 heteroatoms. The van der Waals surface area contributed by atoms with Crippen LogP contribution in [-0.2, 0) is 9.53 Å². The van der Waals surface area contributed by atoms with Crippen LogP contribution >= 0.6 is 15.9 Å². The van der Waals surface area contributed by atoms with E-state index in [4.69, 9.17) is 4.74 Å². The number of benzene rings is 1. The third kappa shape index (κ3) is 5.42. The van der Waals surface area contributed by atoms with E-state index in [-0.39, 0.29) is 5.91 Å². The van der Waals surface area contributed by atoms with Crippen molar-refractivity contribution in [1.29, 1.82) is 0 Å². The average Bonchev–Trinajstić information content (AvgIpc) is 2.27. The number of ether oxygens (including phenoxy) is 1. The quantitative estimate of drug-likeness (QED) is 0.868. The number of hydrogen-bond donors (Lipinski definition) is 1. The standard InChI is InChI=1S/C14H18BrNO3/c1-9(13(18)19-14(2,3)4)16-12(17)10-5-7-11(15)8-6-10/h5-9H,1-4H3,(H,16,17)/t9-/m0/s1. The van der Waals surface area contributed by atoms with Gasteiger partial charge in [-0.2, -0.15) is 0 Å². The molecule has 0 aromatic heterocycles. The Morgan fingerprint density at radius 2 is 1.74 bits per heavy atom. The van der Waals surface area contributed by atoms with Gasteiger partial charge in [-0.1, -0.05) is 15.9 Å². The first-order chi connectivity index (χ1) is 8.69. The molecule has 1 rings (SSSR count). The number of rotatable bonds is 3. The molecule has 1 N–H and O–H groups in total. The third-order valence-corrected chi connectivity index (χ3v) is 2.74. The van der Waals surface area contributed by atoms with Crippen LogP contribution in [0.3, 0.4) is 0 Å². The fourth-order valence-electron chi connectivity index (χ4n) is 1.33. The fraction of sp³-hybridized carbons (Fsp3) is 0.429. The van der Waals surface area contributed by atoms with Gasteiger partial charge in [-0.15, -0.1) is 0 Å². The van der Waals surface area contributed by atoms with Crippen molar-refractivity contribution in [1.82, 2.24) is 5.32 Å². The van der Waals surface area contributed by atoms with Crippen LogP contribution < -0.4 is 5.32 Å². The van der Waals surface area contributed by atoms with Crippen LogP contribution in [0.25, 0.3) is 0 Å². The zero-order valence-electron chi connectivity index (χ0n) is 11.5. The molecule has 0 bridgehead atoms. The number of hydrogen-bond acceptors (Lipinski definition) is 3. The maximum absolute atomic E-state index is 11.9. The highest BCUT2D eigenvalue weighted by Crippen LogP contribution is 2.11. The smallest absolute Gasteiger partial charge is 0.328 e. The second kappa shape index (κ2) is 6.19. The molecule has 1 amide bonds. The lowest BCUT2D eigenvalue weighted by molar-refractivity contribution is -0.156. The molecule has 0 heterocycles. The lowest BCUT2D eigenvalue weighted by Gasteiger charge is -2.22. The predicted octanol–water partition coefficient (Wildman–Crippen LogP) is 2.91. The second-order valence-electron chi connectivity index (χ2n) is 5.24. The largest absolute Gasteiger partial charge is 0.458 e. The van der Waals surface area contributed by atoms with Gasteiger partial charge in [0.1, 0.15) is 11.6 Å². The summed E-state index contributed by atoms with van der Waals surface area (Å²) in [6.07, 6.45) is 0. The van der Waals surface area contributed by atoms with Crippen LogP contribution in [0.1, 0.15) is 38.1 Å². The highest BCUT2D eigenvalue weighted by atomic mass is 79.9. The van der Waals surface area contributed by atoms with Crippen molar-refractivity contribution in [2.75, 3.05) is 0 Å². The van der Waals surface area contributed by atoms with E-state index < -0.39 is 17.6 Å². The van der Waals surface area contributed by atoms with Gasteiger partial charge in [0.15, 0.2) is 0 Å². The molecule has 0 aliphatic heterocycles. The number of esters is 1. The van der Waals surface area contributed by atoms with Crippen LogP contribution in [0.2, 0.25) is 0 Å². The number of nitrogens with one attached hydrogen (secondary N) is 1. The molecule has 0 saturated carbocycles. The minimum atomic E-state index is -0.685. The highest BCUT2D eigenvalue weighted by molar-refractivity contribution is 9.10. The van der Waals surface area contributed by atoms with Crippen LogP contribution in [-0.4, -0.2) is 23.5 Å². The summed E-state index contributed by atoms with van der Waals surface area (Å²) >= 11 is 3.30. The van der Waals surface area contributed by atoms with Crippen LogP contribution in [0.15, 0.2) is 28.7 Å². The van der Waals surface area contributed by atoms with E-state index in [9.17, 15) is 9.59 Å². The monoisotopic (exact) mass is 327 g/mol. The summed E-state index contributed by atoms with van der Waals surface area (Å²) in [7, 11) is 0. The van der Waals surface area contributed by atoms with Gasteiger partial charge in [0, 0.05) is 10.0 Å². The Bertz CT molecular complexity index is 463. The Labute approximate surface area is 121 Å². The summed E-state index contributed by atoms with van der Waals surface area (Å²) in [4.78, 5) is 23.6. The Hall–Kier alpha value is -1.36. The van der Waals surface area contributed by atoms with Crippen molar-refractivity contribution in [2.24, 2.45) is 0 Å². The molecular formula is C14H18BrNO3. The first-order valence-electron chi connectivity index (χ1n) is 5.98. The third-order valence-electron chi connectivity index (χ3n) is 2.21. The Morgan fingerprint density at radius 3 is 2.21 bits per heavy atom. The van der Waals surface area contributed by atoms with Crippen LogP contribution in [0, 0.1) is 0 Å². The van der Waals surface area contributed by atoms with Crippen LogP contribution in [0.5, 0.6) is 0 Å². The molecule has 0 fully saturated rings. The topological polar surface area (TPSA) is 55.4 Å². The molecule has 0 unspecified atom stereocenters. The van der Waals surface area contributed by atoms with Gasteiger partial charge in [0.05, 0.1) is 0 Å². The molecule has 0 saturated heterocycles. The first-order valence-corrected chi connectivity index (χ1v) is 6.77. The molecular weight excluding hydrogens is 310 g/mol. The molecule has 1 aromatic rings. The summed E-state index contributed by atoms with van der Waals surface area (Å²) < 4.78 is 6.09. The molecule has 1 aromatic carbocycles. The normalized spacial score (nSPS) is 12.7. The number of amides is 1. The summed E-state index contributed by atoms with van der Waals surface area (Å²) in [6, 6.07) is 6.22. The molecule has 0 spiro atoms. The van der Waals surface area contributed by atoms with Gasteiger partial charge in [-0.3, -0.25) is 4.79 Å². The van der Waals surface area contributed by atoms with Crippen molar-refractivity contribution in [3.05, 3.63) is 34.3 Å². The summed E-state index contributed by atoms with van der Waals surface area (Å²) in [6.45, 7) is 6.96. The van der Waals surface area contributed by atoms with Crippen molar-refractivity contribution in [3.8, 4) is 0 Å². The van der Waals surface area contributed by atoms with Crippen LogP contribution in [0.4, 0.5) is 0 Å². The zero-order valence-corrected chi connectivity index (χ0v) is 13.1. The van der Waals surface area contributed by atoms with Gasteiger partial charge >= 0.3 is 5.97 Å². The van der Waals surface area contributed by atoms with Gasteiger partial charge < -0.3 is 10.1 Å². The molecule has 1 atom stereocenters.